The Bertz CT molecular complexity index is 615. The second-order valence-corrected chi connectivity index (χ2v) is 5.80. The van der Waals surface area contributed by atoms with E-state index in [0.29, 0.717) is 13.2 Å². The average molecular weight is 305 g/mol. The van der Waals surface area contributed by atoms with Gasteiger partial charge in [0.2, 0.25) is 0 Å². The van der Waals surface area contributed by atoms with Crippen LogP contribution in [-0.4, -0.2) is 30.0 Å². The van der Waals surface area contributed by atoms with Crippen molar-refractivity contribution in [2.75, 3.05) is 19.8 Å². The van der Waals surface area contributed by atoms with Crippen molar-refractivity contribution < 1.29 is 9.47 Å². The number of hydrogen-bond acceptors (Lipinski definition) is 6. The molecule has 0 fully saturated rings. The van der Waals surface area contributed by atoms with E-state index in [9.17, 15) is 0 Å². The minimum Gasteiger partial charge on any atom is -0.486 e. The second-order valence-electron chi connectivity index (χ2n) is 4.79. The molecule has 5 nitrogen and oxygen atoms in total. The van der Waals surface area contributed by atoms with Gasteiger partial charge in [-0.3, -0.25) is 0 Å². The zero-order valence-corrected chi connectivity index (χ0v) is 13.1. The van der Waals surface area contributed by atoms with E-state index in [-0.39, 0.29) is 6.04 Å². The Balaban J connectivity index is 1.93. The van der Waals surface area contributed by atoms with Crippen LogP contribution in [-0.2, 0) is 0 Å². The maximum Gasteiger partial charge on any atom is 0.171 e. The molecule has 0 aliphatic carbocycles. The largest absolute Gasteiger partial charge is 0.486 e. The fourth-order valence-electron chi connectivity index (χ4n) is 2.38. The molecule has 1 aliphatic heterocycles. The molecule has 1 N–H and O–H groups in total. The fourth-order valence-corrected chi connectivity index (χ4v) is 3.40. The van der Waals surface area contributed by atoms with Crippen molar-refractivity contribution in [3.63, 3.8) is 0 Å². The first kappa shape index (κ1) is 14.3. The molecule has 1 aromatic heterocycles. The summed E-state index contributed by atoms with van der Waals surface area (Å²) in [6.07, 6.45) is 0.995. The minimum atomic E-state index is 0.262. The molecule has 0 bridgehead atoms. The topological polar surface area (TPSA) is 56.3 Å². The van der Waals surface area contributed by atoms with Crippen LogP contribution >= 0.6 is 11.3 Å². The summed E-state index contributed by atoms with van der Waals surface area (Å²) in [6.45, 7) is 6.34. The summed E-state index contributed by atoms with van der Waals surface area (Å²) in [5.74, 6) is 1.57. The van der Waals surface area contributed by atoms with Gasteiger partial charge in [-0.2, -0.15) is 0 Å². The lowest BCUT2D eigenvalue weighted by Gasteiger charge is -2.19. The van der Waals surface area contributed by atoms with Crippen LogP contribution in [0.15, 0.2) is 18.2 Å². The highest BCUT2D eigenvalue weighted by molar-refractivity contribution is 7.14. The van der Waals surface area contributed by atoms with E-state index in [1.807, 2.05) is 18.2 Å². The van der Waals surface area contributed by atoms with Crippen molar-refractivity contribution in [1.82, 2.24) is 15.5 Å². The third kappa shape index (κ3) is 2.87. The third-order valence-electron chi connectivity index (χ3n) is 3.39. The first-order valence-electron chi connectivity index (χ1n) is 7.29. The van der Waals surface area contributed by atoms with E-state index in [1.165, 1.54) is 0 Å². The van der Waals surface area contributed by atoms with Crippen molar-refractivity contribution in [3.05, 3.63) is 23.2 Å². The van der Waals surface area contributed by atoms with E-state index < -0.39 is 0 Å². The van der Waals surface area contributed by atoms with E-state index in [2.05, 4.69) is 29.4 Å². The number of rotatable bonds is 5. The van der Waals surface area contributed by atoms with Crippen LogP contribution in [0.1, 0.15) is 31.3 Å². The number of nitrogens with zero attached hydrogens (tertiary/aromatic N) is 2. The Morgan fingerprint density at radius 3 is 2.90 bits per heavy atom. The van der Waals surface area contributed by atoms with Crippen molar-refractivity contribution in [3.8, 4) is 22.1 Å². The van der Waals surface area contributed by atoms with Gasteiger partial charge in [0.15, 0.2) is 16.5 Å². The second kappa shape index (κ2) is 6.41. The molecule has 1 unspecified atom stereocenters. The highest BCUT2D eigenvalue weighted by atomic mass is 32.1. The summed E-state index contributed by atoms with van der Waals surface area (Å²) in [7, 11) is 0. The first-order chi connectivity index (χ1) is 10.3. The highest BCUT2D eigenvalue weighted by Crippen LogP contribution is 2.41. The van der Waals surface area contributed by atoms with Gasteiger partial charge in [0, 0.05) is 0 Å². The highest BCUT2D eigenvalue weighted by Gasteiger charge is 2.21. The van der Waals surface area contributed by atoms with Gasteiger partial charge in [0.25, 0.3) is 0 Å². The molecule has 1 aliphatic rings. The number of hydrogen-bond donors (Lipinski definition) is 1. The predicted octanol–water partition coefficient (Wildman–Crippen LogP) is 3.04. The molecule has 6 heteroatoms. The standard InChI is InChI=1S/C15H19N3O2S/c1-3-11(16-4-2)15-18-17-14(21-15)10-6-5-7-12-13(10)20-9-8-19-12/h5-7,11,16H,3-4,8-9H2,1-2H3. The molecule has 112 valence electrons. The monoisotopic (exact) mass is 305 g/mol. The van der Waals surface area contributed by atoms with Gasteiger partial charge in [-0.05, 0) is 25.1 Å². The Labute approximate surface area is 128 Å². The van der Waals surface area contributed by atoms with Crippen LogP contribution in [0.5, 0.6) is 11.5 Å². The molecule has 2 aromatic rings. The van der Waals surface area contributed by atoms with Gasteiger partial charge in [0.1, 0.15) is 18.2 Å². The Morgan fingerprint density at radius 2 is 2.10 bits per heavy atom. The van der Waals surface area contributed by atoms with E-state index in [0.717, 1.165) is 40.0 Å². The molecule has 0 spiro atoms. The van der Waals surface area contributed by atoms with Crippen molar-refractivity contribution >= 4 is 11.3 Å². The maximum absolute atomic E-state index is 5.75. The SMILES string of the molecule is CCNC(CC)c1nnc(-c2cccc3c2OCCO3)s1. The molecule has 1 aromatic carbocycles. The molecule has 0 radical (unpaired) electrons. The lowest BCUT2D eigenvalue weighted by atomic mass is 10.2. The number of fused-ring (bicyclic) bond motifs is 1. The molecule has 0 amide bonds. The van der Waals surface area contributed by atoms with Crippen molar-refractivity contribution in [2.45, 2.75) is 26.3 Å². The van der Waals surface area contributed by atoms with Crippen LogP contribution in [0.2, 0.25) is 0 Å². The molecule has 2 heterocycles. The molecule has 21 heavy (non-hydrogen) atoms. The number of benzene rings is 1. The van der Waals surface area contributed by atoms with Gasteiger partial charge in [-0.1, -0.05) is 31.3 Å². The van der Waals surface area contributed by atoms with Crippen LogP contribution in [0.25, 0.3) is 10.6 Å². The lowest BCUT2D eigenvalue weighted by molar-refractivity contribution is 0.172. The van der Waals surface area contributed by atoms with Crippen molar-refractivity contribution in [1.29, 1.82) is 0 Å². The van der Waals surface area contributed by atoms with Gasteiger partial charge in [0.05, 0.1) is 11.6 Å². The predicted molar refractivity (Wildman–Crippen MR) is 83.0 cm³/mol. The summed E-state index contributed by atoms with van der Waals surface area (Å²) in [5, 5.41) is 14.0. The summed E-state index contributed by atoms with van der Waals surface area (Å²) < 4.78 is 11.4. The first-order valence-corrected chi connectivity index (χ1v) is 8.10. The zero-order valence-electron chi connectivity index (χ0n) is 12.3. The van der Waals surface area contributed by atoms with Gasteiger partial charge < -0.3 is 14.8 Å². The summed E-state index contributed by atoms with van der Waals surface area (Å²) >= 11 is 1.61. The summed E-state index contributed by atoms with van der Waals surface area (Å²) in [6, 6.07) is 6.16. The average Bonchev–Trinajstić information content (AvgIpc) is 3.01. The molecular formula is C15H19N3O2S. The molecule has 1 atom stereocenters. The number of aromatic nitrogens is 2. The molecule has 0 saturated carbocycles. The smallest absolute Gasteiger partial charge is 0.171 e. The minimum absolute atomic E-state index is 0.262. The third-order valence-corrected chi connectivity index (χ3v) is 4.46. The number of nitrogens with one attached hydrogen (secondary N) is 1. The van der Waals surface area contributed by atoms with E-state index in [1.54, 1.807) is 11.3 Å². The van der Waals surface area contributed by atoms with E-state index in [4.69, 9.17) is 9.47 Å². The number of para-hydroxylation sites is 1. The van der Waals surface area contributed by atoms with Gasteiger partial charge in [-0.15, -0.1) is 10.2 Å². The fraction of sp³-hybridized carbons (Fsp3) is 0.467. The molecular weight excluding hydrogens is 286 g/mol. The van der Waals surface area contributed by atoms with E-state index >= 15 is 0 Å². The Kier molecular flexibility index (Phi) is 4.36. The summed E-state index contributed by atoms with van der Waals surface area (Å²) in [5.41, 5.74) is 0.960. The quantitative estimate of drug-likeness (QED) is 0.920. The van der Waals surface area contributed by atoms with Crippen LogP contribution in [0.3, 0.4) is 0 Å². The van der Waals surface area contributed by atoms with Gasteiger partial charge >= 0.3 is 0 Å². The lowest BCUT2D eigenvalue weighted by Crippen LogP contribution is -2.19. The van der Waals surface area contributed by atoms with Crippen molar-refractivity contribution in [2.24, 2.45) is 0 Å². The van der Waals surface area contributed by atoms with Crippen LogP contribution in [0, 0.1) is 0 Å². The number of ether oxygens (including phenoxy) is 2. The normalized spacial score (nSPS) is 15.0. The van der Waals surface area contributed by atoms with Gasteiger partial charge in [-0.25, -0.2) is 0 Å². The molecule has 0 saturated heterocycles. The zero-order chi connectivity index (χ0) is 14.7. The Hall–Kier alpha value is -1.66. The molecule has 3 rings (SSSR count). The van der Waals surface area contributed by atoms with Crippen LogP contribution < -0.4 is 14.8 Å². The Morgan fingerprint density at radius 1 is 1.24 bits per heavy atom. The summed E-state index contributed by atoms with van der Waals surface area (Å²) in [4.78, 5) is 0. The maximum atomic E-state index is 5.75. The van der Waals surface area contributed by atoms with Crippen LogP contribution in [0.4, 0.5) is 0 Å².